The molecule has 0 saturated heterocycles. The molecule has 0 radical (unpaired) electrons. The zero-order valence-electron chi connectivity index (χ0n) is 10.5. The van der Waals surface area contributed by atoms with Crippen LogP contribution in [0.4, 0.5) is 0 Å². The van der Waals surface area contributed by atoms with Crippen LogP contribution in [0.2, 0.25) is 5.02 Å². The normalized spacial score (nSPS) is 10.9. The molecule has 0 fully saturated rings. The summed E-state index contributed by atoms with van der Waals surface area (Å²) in [4.78, 5) is 12.3. The Morgan fingerprint density at radius 2 is 1.85 bits per heavy atom. The fourth-order valence-electron chi connectivity index (χ4n) is 2.19. The van der Waals surface area contributed by atoms with Crippen LogP contribution in [0.1, 0.15) is 10.4 Å². The summed E-state index contributed by atoms with van der Waals surface area (Å²) in [6.07, 6.45) is 1.94. The number of hydrogen-bond acceptors (Lipinski definition) is 1. The van der Waals surface area contributed by atoms with E-state index in [4.69, 9.17) is 11.6 Å². The first-order chi connectivity index (χ1) is 9.63. The van der Waals surface area contributed by atoms with Crippen LogP contribution in [-0.4, -0.2) is 10.4 Å². The molecular weight excluding hydrogens is 338 g/mol. The van der Waals surface area contributed by atoms with Gasteiger partial charge in [-0.1, -0.05) is 27.5 Å². The second-order valence-corrected chi connectivity index (χ2v) is 5.93. The van der Waals surface area contributed by atoms with Crippen molar-refractivity contribution in [1.82, 2.24) is 4.57 Å². The first-order valence-corrected chi connectivity index (χ1v) is 7.34. The molecule has 0 saturated carbocycles. The number of carbonyl (C=O) groups is 1. The molecule has 3 rings (SSSR count). The monoisotopic (exact) mass is 347 g/mol. The van der Waals surface area contributed by atoms with E-state index < -0.39 is 0 Å². The SMILES string of the molecule is O=C(Cn1ccc2cc(Br)ccc21)c1ccc(Cl)cc1. The Morgan fingerprint density at radius 1 is 1.10 bits per heavy atom. The van der Waals surface area contributed by atoms with E-state index in [1.165, 1.54) is 0 Å². The molecule has 0 spiro atoms. The summed E-state index contributed by atoms with van der Waals surface area (Å²) in [7, 11) is 0. The van der Waals surface area contributed by atoms with Gasteiger partial charge in [0.15, 0.2) is 5.78 Å². The quantitative estimate of drug-likeness (QED) is 0.614. The van der Waals surface area contributed by atoms with E-state index in [-0.39, 0.29) is 5.78 Å². The predicted molar refractivity (Wildman–Crippen MR) is 85.4 cm³/mol. The van der Waals surface area contributed by atoms with Crippen LogP contribution in [0.25, 0.3) is 10.9 Å². The average molecular weight is 349 g/mol. The first-order valence-electron chi connectivity index (χ1n) is 6.17. The fourth-order valence-corrected chi connectivity index (χ4v) is 2.70. The maximum atomic E-state index is 12.3. The van der Waals surface area contributed by atoms with Crippen LogP contribution in [0.5, 0.6) is 0 Å². The molecule has 0 unspecified atom stereocenters. The number of ketones is 1. The van der Waals surface area contributed by atoms with Crippen molar-refractivity contribution >= 4 is 44.2 Å². The summed E-state index contributed by atoms with van der Waals surface area (Å²) in [5, 5.41) is 1.75. The molecule has 0 amide bonds. The highest BCUT2D eigenvalue weighted by atomic mass is 79.9. The van der Waals surface area contributed by atoms with Gasteiger partial charge in [0.05, 0.1) is 6.54 Å². The van der Waals surface area contributed by atoms with Crippen LogP contribution < -0.4 is 0 Å². The topological polar surface area (TPSA) is 22.0 Å². The van der Waals surface area contributed by atoms with E-state index in [1.54, 1.807) is 24.3 Å². The molecule has 20 heavy (non-hydrogen) atoms. The standard InChI is InChI=1S/C16H11BrClNO/c17-13-3-6-15-12(9-13)7-8-19(15)10-16(20)11-1-4-14(18)5-2-11/h1-9H,10H2. The van der Waals surface area contributed by atoms with E-state index in [1.807, 2.05) is 35.0 Å². The van der Waals surface area contributed by atoms with Gasteiger partial charge < -0.3 is 4.57 Å². The molecule has 0 atom stereocenters. The van der Waals surface area contributed by atoms with Crippen LogP contribution in [0.3, 0.4) is 0 Å². The van der Waals surface area contributed by atoms with Crippen molar-refractivity contribution in [1.29, 1.82) is 0 Å². The van der Waals surface area contributed by atoms with Gasteiger partial charge in [0.1, 0.15) is 0 Å². The number of aromatic nitrogens is 1. The molecule has 0 aliphatic rings. The molecule has 2 nitrogen and oxygen atoms in total. The maximum Gasteiger partial charge on any atom is 0.182 e. The highest BCUT2D eigenvalue weighted by Gasteiger charge is 2.09. The van der Waals surface area contributed by atoms with E-state index in [0.717, 1.165) is 15.4 Å². The van der Waals surface area contributed by atoms with Gasteiger partial charge >= 0.3 is 0 Å². The Bertz CT molecular complexity index is 777. The molecule has 4 heteroatoms. The number of rotatable bonds is 3. The van der Waals surface area contributed by atoms with Crippen molar-refractivity contribution in [3.63, 3.8) is 0 Å². The minimum atomic E-state index is 0.0714. The number of hydrogen-bond donors (Lipinski definition) is 0. The zero-order valence-corrected chi connectivity index (χ0v) is 12.9. The third-order valence-electron chi connectivity index (χ3n) is 3.21. The Labute approximate surface area is 130 Å². The van der Waals surface area contributed by atoms with E-state index in [0.29, 0.717) is 17.1 Å². The number of Topliss-reactive ketones (excluding diaryl/α,β-unsaturated/α-hetero) is 1. The van der Waals surface area contributed by atoms with Gasteiger partial charge in [0.25, 0.3) is 0 Å². The highest BCUT2D eigenvalue weighted by Crippen LogP contribution is 2.21. The number of benzene rings is 2. The van der Waals surface area contributed by atoms with Gasteiger partial charge in [-0.3, -0.25) is 4.79 Å². The van der Waals surface area contributed by atoms with Gasteiger partial charge in [-0.05, 0) is 48.5 Å². The Kier molecular flexibility index (Phi) is 3.64. The Balaban J connectivity index is 1.89. The molecule has 0 bridgehead atoms. The van der Waals surface area contributed by atoms with Crippen molar-refractivity contribution in [3.8, 4) is 0 Å². The lowest BCUT2D eigenvalue weighted by molar-refractivity contribution is 0.0973. The minimum absolute atomic E-state index is 0.0714. The van der Waals surface area contributed by atoms with Gasteiger partial charge in [0.2, 0.25) is 0 Å². The molecule has 0 aliphatic heterocycles. The number of carbonyl (C=O) groups excluding carboxylic acids is 1. The summed E-state index contributed by atoms with van der Waals surface area (Å²) in [6.45, 7) is 0.326. The summed E-state index contributed by atoms with van der Waals surface area (Å²) in [5.41, 5.74) is 1.73. The summed E-state index contributed by atoms with van der Waals surface area (Å²) in [5.74, 6) is 0.0714. The third-order valence-corrected chi connectivity index (χ3v) is 3.96. The second-order valence-electron chi connectivity index (χ2n) is 4.58. The van der Waals surface area contributed by atoms with E-state index in [2.05, 4.69) is 15.9 Å². The molecule has 1 heterocycles. The first kappa shape index (κ1) is 13.4. The minimum Gasteiger partial charge on any atom is -0.340 e. The molecule has 3 aromatic rings. The van der Waals surface area contributed by atoms with Gasteiger partial charge in [-0.2, -0.15) is 0 Å². The largest absolute Gasteiger partial charge is 0.340 e. The molecule has 0 aliphatic carbocycles. The molecule has 1 aromatic heterocycles. The maximum absolute atomic E-state index is 12.3. The van der Waals surface area contributed by atoms with Crippen molar-refractivity contribution in [3.05, 3.63) is 69.8 Å². The van der Waals surface area contributed by atoms with Gasteiger partial charge in [-0.15, -0.1) is 0 Å². The molecule has 2 aromatic carbocycles. The van der Waals surface area contributed by atoms with Crippen molar-refractivity contribution in [2.24, 2.45) is 0 Å². The van der Waals surface area contributed by atoms with Crippen LogP contribution in [0.15, 0.2) is 59.2 Å². The Hall–Kier alpha value is -1.58. The molecule has 100 valence electrons. The third kappa shape index (κ3) is 2.65. The van der Waals surface area contributed by atoms with Crippen LogP contribution in [0, 0.1) is 0 Å². The van der Waals surface area contributed by atoms with Crippen LogP contribution in [-0.2, 0) is 6.54 Å². The molecular formula is C16H11BrClNO. The van der Waals surface area contributed by atoms with Crippen molar-refractivity contribution in [2.75, 3.05) is 0 Å². The zero-order chi connectivity index (χ0) is 14.1. The van der Waals surface area contributed by atoms with Crippen molar-refractivity contribution < 1.29 is 4.79 Å². The van der Waals surface area contributed by atoms with E-state index in [9.17, 15) is 4.79 Å². The lowest BCUT2D eigenvalue weighted by atomic mass is 10.1. The second kappa shape index (κ2) is 5.43. The van der Waals surface area contributed by atoms with E-state index >= 15 is 0 Å². The summed E-state index contributed by atoms with van der Waals surface area (Å²) < 4.78 is 2.99. The van der Waals surface area contributed by atoms with Gasteiger partial charge in [0, 0.05) is 32.2 Å². The fraction of sp³-hybridized carbons (Fsp3) is 0.0625. The molecule has 0 N–H and O–H groups in total. The average Bonchev–Trinajstić information content (AvgIpc) is 2.81. The smallest absolute Gasteiger partial charge is 0.182 e. The van der Waals surface area contributed by atoms with Crippen LogP contribution >= 0.6 is 27.5 Å². The lowest BCUT2D eigenvalue weighted by Crippen LogP contribution is -2.09. The predicted octanol–water partition coefficient (Wildman–Crippen LogP) is 4.94. The lowest BCUT2D eigenvalue weighted by Gasteiger charge is -2.05. The summed E-state index contributed by atoms with van der Waals surface area (Å²) >= 11 is 9.28. The number of halogens is 2. The van der Waals surface area contributed by atoms with Gasteiger partial charge in [-0.25, -0.2) is 0 Å². The Morgan fingerprint density at radius 3 is 2.60 bits per heavy atom. The number of nitrogens with zero attached hydrogens (tertiary/aromatic N) is 1. The number of fused-ring (bicyclic) bond motifs is 1. The highest BCUT2D eigenvalue weighted by molar-refractivity contribution is 9.10. The summed E-state index contributed by atoms with van der Waals surface area (Å²) in [6, 6.07) is 15.0. The van der Waals surface area contributed by atoms with Crippen molar-refractivity contribution in [2.45, 2.75) is 6.54 Å².